The molecule has 4 aromatic carbocycles. The van der Waals surface area contributed by atoms with Crippen LogP contribution in [0.4, 0.5) is 10.8 Å². The quantitative estimate of drug-likeness (QED) is 0.0305. The summed E-state index contributed by atoms with van der Waals surface area (Å²) in [7, 11) is 0. The van der Waals surface area contributed by atoms with Crippen LogP contribution >= 0.6 is 23.1 Å². The lowest BCUT2D eigenvalue weighted by Gasteiger charge is -2.22. The molecular formula is C35H28N4O6S2. The number of ether oxygens (including phenoxy) is 1. The van der Waals surface area contributed by atoms with E-state index in [0.29, 0.717) is 33.6 Å². The summed E-state index contributed by atoms with van der Waals surface area (Å²) in [6, 6.07) is 27.0. The van der Waals surface area contributed by atoms with Crippen LogP contribution in [0.5, 0.6) is 5.75 Å². The van der Waals surface area contributed by atoms with Crippen LogP contribution in [0.1, 0.15) is 39.4 Å². The number of thioether (sulfide) groups is 1. The first-order valence-corrected chi connectivity index (χ1v) is 16.3. The van der Waals surface area contributed by atoms with E-state index in [9.17, 15) is 24.8 Å². The summed E-state index contributed by atoms with van der Waals surface area (Å²) in [4.78, 5) is 39.1. The van der Waals surface area contributed by atoms with Crippen LogP contribution in [-0.2, 0) is 21.9 Å². The molecule has 1 fully saturated rings. The van der Waals surface area contributed by atoms with E-state index < -0.39 is 28.4 Å². The van der Waals surface area contributed by atoms with Gasteiger partial charge in [-0.05, 0) is 66.9 Å². The number of carbonyl (C=O) groups is 2. The van der Waals surface area contributed by atoms with Crippen LogP contribution in [0.3, 0.4) is 0 Å². The maximum atomic E-state index is 13.6. The molecule has 0 aliphatic carbocycles. The molecule has 1 unspecified atom stereocenters. The van der Waals surface area contributed by atoms with Crippen LogP contribution < -0.4 is 9.64 Å². The van der Waals surface area contributed by atoms with Crippen molar-refractivity contribution in [1.29, 1.82) is 0 Å². The molecule has 5 aromatic rings. The predicted molar refractivity (Wildman–Crippen MR) is 180 cm³/mol. The third-order valence-corrected chi connectivity index (χ3v) is 9.69. The lowest BCUT2D eigenvalue weighted by atomic mass is 9.95. The summed E-state index contributed by atoms with van der Waals surface area (Å²) in [5.41, 5.74) is 4.74. The molecule has 1 amide bonds. The number of aromatic nitrogens is 2. The molecule has 1 aliphatic heterocycles. The number of aliphatic hydroxyl groups is 1. The lowest BCUT2D eigenvalue weighted by molar-refractivity contribution is -0.384. The number of anilines is 1. The summed E-state index contributed by atoms with van der Waals surface area (Å²) in [5, 5.41) is 31.5. The molecule has 0 saturated carbocycles. The fourth-order valence-electron chi connectivity index (χ4n) is 5.14. The van der Waals surface area contributed by atoms with E-state index in [1.807, 2.05) is 62.4 Å². The van der Waals surface area contributed by atoms with Crippen molar-refractivity contribution >= 4 is 51.4 Å². The second-order valence-electron chi connectivity index (χ2n) is 10.9. The smallest absolute Gasteiger partial charge is 0.301 e. The number of benzene rings is 4. The standard InChI is InChI=1S/C35H28N4O6S2/c1-21-6-8-23(9-7-21)20-46-35-37-36-34(47-35)38-30(25-10-14-27(15-11-25)39(43)44)29(32(41)33(38)42)31(40)26-12-16-28(17-13-26)45-19-24-5-3-4-22(2)18-24/h3-18,30,40H,19-20H2,1-2H3. The summed E-state index contributed by atoms with van der Waals surface area (Å²) < 4.78 is 6.49. The number of hydrogen-bond donors (Lipinski definition) is 1. The van der Waals surface area contributed by atoms with E-state index in [2.05, 4.69) is 10.2 Å². The lowest BCUT2D eigenvalue weighted by Crippen LogP contribution is -2.29. The zero-order valence-electron chi connectivity index (χ0n) is 25.3. The molecule has 6 rings (SSSR count). The fourth-order valence-corrected chi connectivity index (χ4v) is 6.97. The van der Waals surface area contributed by atoms with E-state index in [1.165, 1.54) is 40.9 Å². The minimum atomic E-state index is -1.10. The van der Waals surface area contributed by atoms with Gasteiger partial charge in [-0.25, -0.2) is 0 Å². The Bertz CT molecular complexity index is 1990. The van der Waals surface area contributed by atoms with Crippen molar-refractivity contribution in [2.45, 2.75) is 36.6 Å². The van der Waals surface area contributed by atoms with Crippen molar-refractivity contribution in [3.8, 4) is 5.75 Å². The van der Waals surface area contributed by atoms with Gasteiger partial charge in [0.1, 0.15) is 18.1 Å². The van der Waals surface area contributed by atoms with Gasteiger partial charge in [0.2, 0.25) is 5.13 Å². The van der Waals surface area contributed by atoms with Crippen LogP contribution in [0.25, 0.3) is 5.76 Å². The van der Waals surface area contributed by atoms with Crippen molar-refractivity contribution in [1.82, 2.24) is 10.2 Å². The molecule has 12 heteroatoms. The summed E-state index contributed by atoms with van der Waals surface area (Å²) >= 11 is 2.59. The van der Waals surface area contributed by atoms with Crippen LogP contribution in [0.2, 0.25) is 0 Å². The van der Waals surface area contributed by atoms with Crippen molar-refractivity contribution < 1.29 is 24.4 Å². The average Bonchev–Trinajstić information content (AvgIpc) is 3.65. The number of ketones is 1. The van der Waals surface area contributed by atoms with E-state index in [0.717, 1.165) is 33.6 Å². The van der Waals surface area contributed by atoms with Gasteiger partial charge in [-0.3, -0.25) is 24.6 Å². The number of non-ortho nitro benzene ring substituents is 1. The number of nitrogens with zero attached hydrogens (tertiary/aromatic N) is 4. The van der Waals surface area contributed by atoms with Gasteiger partial charge in [0, 0.05) is 23.4 Å². The Morgan fingerprint density at radius 1 is 0.936 bits per heavy atom. The minimum absolute atomic E-state index is 0.155. The number of nitro groups is 1. The fraction of sp³-hybridized carbons (Fsp3) is 0.143. The van der Waals surface area contributed by atoms with E-state index in [1.54, 1.807) is 24.3 Å². The van der Waals surface area contributed by atoms with E-state index in [-0.39, 0.29) is 16.4 Å². The van der Waals surface area contributed by atoms with Crippen molar-refractivity contribution in [2.24, 2.45) is 0 Å². The van der Waals surface area contributed by atoms with Gasteiger partial charge >= 0.3 is 5.91 Å². The number of Topliss-reactive ketones (excluding diaryl/α,β-unsaturated/α-hetero) is 1. The zero-order chi connectivity index (χ0) is 33.1. The second kappa shape index (κ2) is 13.6. The minimum Gasteiger partial charge on any atom is -0.507 e. The molecule has 1 saturated heterocycles. The number of aliphatic hydroxyl groups excluding tert-OH is 1. The van der Waals surface area contributed by atoms with Crippen LogP contribution in [0.15, 0.2) is 107 Å². The third kappa shape index (κ3) is 6.93. The molecule has 1 atom stereocenters. The molecule has 47 heavy (non-hydrogen) atoms. The maximum Gasteiger partial charge on any atom is 0.301 e. The van der Waals surface area contributed by atoms with Gasteiger partial charge in [0.15, 0.2) is 4.34 Å². The Labute approximate surface area is 278 Å². The molecule has 0 spiro atoms. The molecular weight excluding hydrogens is 637 g/mol. The molecule has 0 bridgehead atoms. The molecule has 2 heterocycles. The Morgan fingerprint density at radius 2 is 1.66 bits per heavy atom. The summed E-state index contributed by atoms with van der Waals surface area (Å²) in [6.07, 6.45) is 0. The Morgan fingerprint density at radius 3 is 2.34 bits per heavy atom. The highest BCUT2D eigenvalue weighted by Crippen LogP contribution is 2.44. The van der Waals surface area contributed by atoms with Gasteiger partial charge in [-0.2, -0.15) is 0 Å². The van der Waals surface area contributed by atoms with Crippen molar-refractivity contribution in [3.63, 3.8) is 0 Å². The largest absolute Gasteiger partial charge is 0.507 e. The molecule has 1 aromatic heterocycles. The topological polar surface area (TPSA) is 136 Å². The maximum absolute atomic E-state index is 13.6. The zero-order valence-corrected chi connectivity index (χ0v) is 27.0. The highest BCUT2D eigenvalue weighted by Gasteiger charge is 2.48. The molecule has 10 nitrogen and oxygen atoms in total. The monoisotopic (exact) mass is 664 g/mol. The Kier molecular flexibility index (Phi) is 9.14. The highest BCUT2D eigenvalue weighted by atomic mass is 32.2. The van der Waals surface area contributed by atoms with Gasteiger partial charge in [-0.15, -0.1) is 10.2 Å². The van der Waals surface area contributed by atoms with Gasteiger partial charge in [0.25, 0.3) is 11.5 Å². The number of carbonyl (C=O) groups excluding carboxylic acids is 2. The Hall–Kier alpha value is -5.33. The first kappa shape index (κ1) is 31.6. The summed E-state index contributed by atoms with van der Waals surface area (Å²) in [5.74, 6) is -1.00. The summed E-state index contributed by atoms with van der Waals surface area (Å²) in [6.45, 7) is 4.37. The predicted octanol–water partition coefficient (Wildman–Crippen LogP) is 7.56. The van der Waals surface area contributed by atoms with Crippen molar-refractivity contribution in [3.05, 3.63) is 146 Å². The van der Waals surface area contributed by atoms with Crippen LogP contribution in [-0.4, -0.2) is 31.9 Å². The second-order valence-corrected chi connectivity index (χ2v) is 13.1. The van der Waals surface area contributed by atoms with E-state index in [4.69, 9.17) is 4.74 Å². The third-order valence-electron chi connectivity index (χ3n) is 7.56. The van der Waals surface area contributed by atoms with Gasteiger partial charge < -0.3 is 9.84 Å². The molecule has 236 valence electrons. The molecule has 1 aliphatic rings. The first-order chi connectivity index (χ1) is 22.7. The number of nitro benzene ring substituents is 1. The number of hydrogen-bond acceptors (Lipinski definition) is 10. The van der Waals surface area contributed by atoms with Gasteiger partial charge in [0.05, 0.1) is 16.5 Å². The number of amides is 1. The molecule has 1 N–H and O–H groups in total. The number of aryl methyl sites for hydroxylation is 2. The molecule has 0 radical (unpaired) electrons. The van der Waals surface area contributed by atoms with Gasteiger partial charge in [-0.1, -0.05) is 82.8 Å². The normalized spacial score (nSPS) is 15.6. The SMILES string of the molecule is Cc1ccc(CSc2nnc(N3C(=O)C(=O)C(=C(O)c4ccc(OCc5cccc(C)c5)cc4)C3c3ccc([N+](=O)[O-])cc3)s2)cc1. The highest BCUT2D eigenvalue weighted by molar-refractivity contribution is 8.00. The van der Waals surface area contributed by atoms with Crippen molar-refractivity contribution in [2.75, 3.05) is 4.90 Å². The number of rotatable bonds is 10. The Balaban J connectivity index is 1.31. The average molecular weight is 665 g/mol. The first-order valence-electron chi connectivity index (χ1n) is 14.5. The van der Waals surface area contributed by atoms with Crippen LogP contribution in [0, 0.1) is 24.0 Å². The van der Waals surface area contributed by atoms with E-state index >= 15 is 0 Å².